The minimum atomic E-state index is -0.660. The van der Waals surface area contributed by atoms with Crippen LogP contribution in [0, 0.1) is 5.82 Å². The average molecular weight is 627 g/mol. The number of rotatable bonds is 10. The van der Waals surface area contributed by atoms with Gasteiger partial charge < -0.3 is 29.4 Å². The minimum Gasteiger partial charge on any atom is -0.466 e. The third-order valence-corrected chi connectivity index (χ3v) is 8.76. The van der Waals surface area contributed by atoms with Crippen molar-refractivity contribution in [2.45, 2.75) is 26.2 Å². The minimum absolute atomic E-state index is 0.00788. The molecule has 1 aromatic heterocycles. The summed E-state index contributed by atoms with van der Waals surface area (Å²) in [5, 5.41) is 5.90. The molecule has 4 aromatic rings. The predicted molar refractivity (Wildman–Crippen MR) is 172 cm³/mol. The fourth-order valence-electron chi connectivity index (χ4n) is 6.52. The van der Waals surface area contributed by atoms with Crippen molar-refractivity contribution < 1.29 is 28.2 Å². The number of fused-ring (bicyclic) bond motifs is 5. The highest BCUT2D eigenvalue weighted by molar-refractivity contribution is 6.01. The third kappa shape index (κ3) is 5.50. The number of anilines is 1. The van der Waals surface area contributed by atoms with Gasteiger partial charge in [0.15, 0.2) is 17.3 Å². The molecule has 1 saturated heterocycles. The van der Waals surface area contributed by atoms with Crippen LogP contribution in [0.1, 0.15) is 41.3 Å². The summed E-state index contributed by atoms with van der Waals surface area (Å²) >= 11 is 0. The van der Waals surface area contributed by atoms with E-state index in [1.165, 1.54) is 17.8 Å². The number of esters is 1. The van der Waals surface area contributed by atoms with Gasteiger partial charge in [0.2, 0.25) is 5.43 Å². The Morgan fingerprint density at radius 2 is 1.87 bits per heavy atom. The first kappa shape index (κ1) is 29.9. The molecule has 2 aliphatic heterocycles. The van der Waals surface area contributed by atoms with Crippen molar-refractivity contribution in [2.75, 3.05) is 57.9 Å². The summed E-state index contributed by atoms with van der Waals surface area (Å²) in [6.45, 7) is 6.42. The van der Waals surface area contributed by atoms with Crippen LogP contribution in [0.2, 0.25) is 0 Å². The maximum Gasteiger partial charge on any atom is 0.307 e. The largest absolute Gasteiger partial charge is 0.466 e. The lowest BCUT2D eigenvalue weighted by molar-refractivity contribution is -0.142. The van der Waals surface area contributed by atoms with E-state index in [1.807, 2.05) is 24.3 Å². The first-order valence-electron chi connectivity index (χ1n) is 15.8. The van der Waals surface area contributed by atoms with E-state index < -0.39 is 23.1 Å². The molecule has 0 radical (unpaired) electrons. The zero-order valence-corrected chi connectivity index (χ0v) is 25.6. The van der Waals surface area contributed by atoms with E-state index in [-0.39, 0.29) is 42.0 Å². The molecule has 238 valence electrons. The molecule has 46 heavy (non-hydrogen) atoms. The van der Waals surface area contributed by atoms with Gasteiger partial charge in [-0.1, -0.05) is 24.3 Å². The molecule has 2 N–H and O–H groups in total. The first-order valence-corrected chi connectivity index (χ1v) is 15.8. The van der Waals surface area contributed by atoms with E-state index in [4.69, 9.17) is 14.2 Å². The zero-order chi connectivity index (χ0) is 31.8. The monoisotopic (exact) mass is 626 g/mol. The maximum atomic E-state index is 15.9. The normalized spacial score (nSPS) is 14.7. The van der Waals surface area contributed by atoms with Crippen LogP contribution < -0.4 is 20.8 Å². The van der Waals surface area contributed by atoms with Gasteiger partial charge in [0.05, 0.1) is 37.3 Å². The van der Waals surface area contributed by atoms with Gasteiger partial charge >= 0.3 is 5.97 Å². The van der Waals surface area contributed by atoms with Crippen LogP contribution in [0.5, 0.6) is 11.5 Å². The number of hydrogen-bond acceptors (Lipinski definition) is 8. The number of halogens is 1. The van der Waals surface area contributed by atoms with Crippen molar-refractivity contribution in [1.82, 2.24) is 14.8 Å². The molecular formula is C35H35FN4O6. The van der Waals surface area contributed by atoms with Crippen molar-refractivity contribution in [3.05, 3.63) is 81.4 Å². The summed E-state index contributed by atoms with van der Waals surface area (Å²) in [6.07, 6.45) is 2.96. The van der Waals surface area contributed by atoms with E-state index in [0.717, 1.165) is 49.2 Å². The molecule has 3 aliphatic rings. The number of ether oxygens (including phenoxy) is 3. The van der Waals surface area contributed by atoms with Gasteiger partial charge in [-0.25, -0.2) is 4.39 Å². The molecule has 1 amide bonds. The number of benzene rings is 3. The van der Waals surface area contributed by atoms with Crippen LogP contribution in [-0.4, -0.2) is 73.9 Å². The fourth-order valence-corrected chi connectivity index (χ4v) is 6.52. The number of morpholine rings is 1. The Hall–Kier alpha value is -4.74. The molecular weight excluding hydrogens is 591 g/mol. The summed E-state index contributed by atoms with van der Waals surface area (Å²) in [7, 11) is 0. The number of aromatic nitrogens is 1. The van der Waals surface area contributed by atoms with E-state index in [1.54, 1.807) is 11.5 Å². The smallest absolute Gasteiger partial charge is 0.307 e. The topological polar surface area (TPSA) is 111 Å². The number of pyridine rings is 1. The number of hydrogen-bond donors (Lipinski definition) is 2. The average Bonchev–Trinajstić information content (AvgIpc) is 3.42. The zero-order valence-electron chi connectivity index (χ0n) is 25.6. The molecule has 11 heteroatoms. The van der Waals surface area contributed by atoms with Crippen molar-refractivity contribution in [2.24, 2.45) is 0 Å². The Morgan fingerprint density at radius 1 is 1.04 bits per heavy atom. The molecule has 0 spiro atoms. The molecule has 7 rings (SSSR count). The van der Waals surface area contributed by atoms with Crippen LogP contribution in [0.15, 0.2) is 53.5 Å². The second-order valence-corrected chi connectivity index (χ2v) is 11.7. The summed E-state index contributed by atoms with van der Waals surface area (Å²) in [5.41, 5.74) is 4.82. The van der Waals surface area contributed by atoms with Crippen LogP contribution in [0.3, 0.4) is 0 Å². The van der Waals surface area contributed by atoms with Gasteiger partial charge in [-0.15, -0.1) is 0 Å². The van der Waals surface area contributed by atoms with Crippen LogP contribution >= 0.6 is 0 Å². The summed E-state index contributed by atoms with van der Waals surface area (Å²) < 4.78 is 34.5. The second-order valence-electron chi connectivity index (χ2n) is 11.7. The standard InChI is InChI=1S/C35H35FN4O6/c1-2-45-30(41)8-10-38-35(43)26-20-40-28-19-24-22(16-21-6-3-4-7-23(21)24)17-29(28)46-34-31(27(36)18-25(32(34)40)33(26)42)37-9-5-11-39-12-14-44-15-13-39/h3-4,6-7,17-20,37H,2,5,8-16H2,1H3,(H,38,43). The highest BCUT2D eigenvalue weighted by Crippen LogP contribution is 2.48. The first-order chi connectivity index (χ1) is 22.4. The molecule has 3 heterocycles. The van der Waals surface area contributed by atoms with Gasteiger partial charge in [-0.3, -0.25) is 19.3 Å². The number of nitrogens with zero attached hydrogens (tertiary/aromatic N) is 2. The van der Waals surface area contributed by atoms with Crippen LogP contribution in [0.25, 0.3) is 27.7 Å². The Kier molecular flexibility index (Phi) is 8.18. The molecule has 1 aliphatic carbocycles. The third-order valence-electron chi connectivity index (χ3n) is 8.76. The van der Waals surface area contributed by atoms with Crippen molar-refractivity contribution in [3.63, 3.8) is 0 Å². The number of nitrogens with one attached hydrogen (secondary N) is 2. The second kappa shape index (κ2) is 12.6. The fraction of sp³-hybridized carbons (Fsp3) is 0.343. The molecule has 0 saturated carbocycles. The SMILES string of the molecule is CCOC(=O)CCNC(=O)c1cn2c3c(c(NCCCN4CCOCC4)c(F)cc3c1=O)Oc1cc3c(cc1-2)-c1ccccc1C3. The van der Waals surface area contributed by atoms with Gasteiger partial charge in [-0.05, 0) is 66.8 Å². The highest BCUT2D eigenvalue weighted by atomic mass is 19.1. The summed E-state index contributed by atoms with van der Waals surface area (Å²) in [5.74, 6) is -1.05. The van der Waals surface area contributed by atoms with Crippen molar-refractivity contribution in [3.8, 4) is 28.3 Å². The van der Waals surface area contributed by atoms with E-state index in [9.17, 15) is 14.4 Å². The van der Waals surface area contributed by atoms with Crippen LogP contribution in [-0.2, 0) is 20.7 Å². The Labute approximate surface area is 265 Å². The van der Waals surface area contributed by atoms with Gasteiger partial charge in [0.25, 0.3) is 5.91 Å². The van der Waals surface area contributed by atoms with Gasteiger partial charge in [0.1, 0.15) is 16.8 Å². The molecule has 0 unspecified atom stereocenters. The van der Waals surface area contributed by atoms with Crippen molar-refractivity contribution >= 4 is 28.5 Å². The molecule has 1 fully saturated rings. The molecule has 0 atom stereocenters. The van der Waals surface area contributed by atoms with Gasteiger partial charge in [0, 0.05) is 32.4 Å². The predicted octanol–water partition coefficient (Wildman–Crippen LogP) is 4.62. The summed E-state index contributed by atoms with van der Waals surface area (Å²) in [4.78, 5) is 41.2. The van der Waals surface area contributed by atoms with Crippen molar-refractivity contribution in [1.29, 1.82) is 0 Å². The number of amides is 1. The van der Waals surface area contributed by atoms with E-state index >= 15 is 4.39 Å². The lowest BCUT2D eigenvalue weighted by atomic mass is 10.0. The number of carbonyl (C=O) groups excluding carboxylic acids is 2. The van der Waals surface area contributed by atoms with Gasteiger partial charge in [-0.2, -0.15) is 0 Å². The highest BCUT2D eigenvalue weighted by Gasteiger charge is 2.31. The lowest BCUT2D eigenvalue weighted by Crippen LogP contribution is -2.37. The molecule has 3 aromatic carbocycles. The number of carbonyl (C=O) groups is 2. The summed E-state index contributed by atoms with van der Waals surface area (Å²) in [6, 6.07) is 13.3. The van der Waals surface area contributed by atoms with Crippen LogP contribution in [0.4, 0.5) is 10.1 Å². The molecule has 0 bridgehead atoms. The quantitative estimate of drug-likeness (QED) is 0.167. The van der Waals surface area contributed by atoms with E-state index in [2.05, 4.69) is 27.7 Å². The maximum absolute atomic E-state index is 15.9. The Balaban J connectivity index is 1.28. The molecule has 10 nitrogen and oxygen atoms in total. The Morgan fingerprint density at radius 3 is 2.70 bits per heavy atom. The Bertz CT molecular complexity index is 1920. The lowest BCUT2D eigenvalue weighted by Gasteiger charge is -2.28. The van der Waals surface area contributed by atoms with E-state index in [0.29, 0.717) is 36.7 Å².